The summed E-state index contributed by atoms with van der Waals surface area (Å²) in [4.78, 5) is 42.0. The Balaban J connectivity index is 1.85. The Kier molecular flexibility index (Phi) is 6.19. The van der Waals surface area contributed by atoms with Crippen LogP contribution in [-0.2, 0) is 11.8 Å². The molecule has 1 heterocycles. The van der Waals surface area contributed by atoms with Crippen molar-refractivity contribution < 1.29 is 19.1 Å². The summed E-state index contributed by atoms with van der Waals surface area (Å²) in [6.45, 7) is 3.79. The van der Waals surface area contributed by atoms with Gasteiger partial charge in [-0.2, -0.15) is 4.99 Å². The summed E-state index contributed by atoms with van der Waals surface area (Å²) in [6.07, 6.45) is 0. The molecule has 6 nitrogen and oxygen atoms in total. The van der Waals surface area contributed by atoms with Crippen LogP contribution in [0.4, 0.5) is 0 Å². The van der Waals surface area contributed by atoms with Crippen LogP contribution in [0, 0.1) is 6.92 Å². The number of amides is 1. The van der Waals surface area contributed by atoms with Crippen molar-refractivity contribution in [3.8, 4) is 0 Å². The maximum absolute atomic E-state index is 12.6. The topological polar surface area (TPSA) is 77.7 Å². The van der Waals surface area contributed by atoms with Crippen LogP contribution in [0.3, 0.4) is 0 Å². The Labute approximate surface area is 172 Å². The first-order valence-corrected chi connectivity index (χ1v) is 9.86. The van der Waals surface area contributed by atoms with Gasteiger partial charge in [-0.05, 0) is 26.0 Å². The van der Waals surface area contributed by atoms with E-state index in [1.165, 1.54) is 0 Å². The second-order valence-corrected chi connectivity index (χ2v) is 7.25. The minimum atomic E-state index is -0.448. The van der Waals surface area contributed by atoms with Crippen molar-refractivity contribution in [1.82, 2.24) is 4.57 Å². The Morgan fingerprint density at radius 3 is 2.17 bits per heavy atom. The summed E-state index contributed by atoms with van der Waals surface area (Å²) < 4.78 is 6.72. The normalized spacial score (nSPS) is 11.3. The molecule has 0 bridgehead atoms. The highest BCUT2D eigenvalue weighted by molar-refractivity contribution is 7.11. The number of rotatable bonds is 5. The molecule has 0 N–H and O–H groups in total. The maximum atomic E-state index is 12.6. The summed E-state index contributed by atoms with van der Waals surface area (Å²) in [5.74, 6) is -0.986. The highest BCUT2D eigenvalue weighted by Gasteiger charge is 2.17. The molecule has 0 saturated heterocycles. The SMILES string of the molecule is CCOC(=O)c1sc(=NC(=O)c2ccc(C(=O)c3ccccc3)cc2)n(C)c1C. The molecule has 3 rings (SSSR count). The molecule has 1 aromatic heterocycles. The van der Waals surface area contributed by atoms with Crippen LogP contribution < -0.4 is 4.80 Å². The van der Waals surface area contributed by atoms with Crippen LogP contribution in [0.1, 0.15) is 48.6 Å². The standard InChI is InChI=1S/C22H20N2O4S/c1-4-28-21(27)19-14(2)24(3)22(29-19)23-20(26)17-12-10-16(11-13-17)18(25)15-8-6-5-7-9-15/h5-13H,4H2,1-3H3. The summed E-state index contributed by atoms with van der Waals surface area (Å²) in [5.41, 5.74) is 2.13. The van der Waals surface area contributed by atoms with Crippen molar-refractivity contribution in [1.29, 1.82) is 0 Å². The number of carbonyl (C=O) groups is 3. The Morgan fingerprint density at radius 2 is 1.55 bits per heavy atom. The number of ketones is 1. The number of hydrogen-bond acceptors (Lipinski definition) is 5. The lowest BCUT2D eigenvalue weighted by molar-refractivity contribution is 0.0530. The quantitative estimate of drug-likeness (QED) is 0.478. The third kappa shape index (κ3) is 4.41. The largest absolute Gasteiger partial charge is 0.462 e. The second-order valence-electron chi connectivity index (χ2n) is 6.27. The first kappa shape index (κ1) is 20.4. The zero-order valence-electron chi connectivity index (χ0n) is 16.3. The molecule has 148 valence electrons. The van der Waals surface area contributed by atoms with Gasteiger partial charge >= 0.3 is 5.97 Å². The van der Waals surface area contributed by atoms with Gasteiger partial charge in [0, 0.05) is 29.4 Å². The molecule has 0 atom stereocenters. The molecule has 7 heteroatoms. The molecule has 1 amide bonds. The number of nitrogens with zero attached hydrogens (tertiary/aromatic N) is 2. The van der Waals surface area contributed by atoms with Gasteiger partial charge in [-0.15, -0.1) is 0 Å². The smallest absolute Gasteiger partial charge is 0.350 e. The molecule has 0 spiro atoms. The van der Waals surface area contributed by atoms with Crippen molar-refractivity contribution in [2.75, 3.05) is 6.61 Å². The molecule has 29 heavy (non-hydrogen) atoms. The van der Waals surface area contributed by atoms with E-state index in [-0.39, 0.29) is 12.4 Å². The number of hydrogen-bond donors (Lipinski definition) is 0. The van der Waals surface area contributed by atoms with Crippen LogP contribution >= 0.6 is 11.3 Å². The van der Waals surface area contributed by atoms with Crippen molar-refractivity contribution in [2.45, 2.75) is 13.8 Å². The molecule has 0 aliphatic carbocycles. The Morgan fingerprint density at radius 1 is 0.966 bits per heavy atom. The van der Waals surface area contributed by atoms with E-state index in [0.717, 1.165) is 11.3 Å². The zero-order chi connectivity index (χ0) is 21.0. The summed E-state index contributed by atoms with van der Waals surface area (Å²) in [6, 6.07) is 15.3. The number of aromatic nitrogens is 1. The van der Waals surface area contributed by atoms with Gasteiger partial charge in [0.15, 0.2) is 10.6 Å². The fourth-order valence-corrected chi connectivity index (χ4v) is 3.70. The highest BCUT2D eigenvalue weighted by Crippen LogP contribution is 2.14. The molecule has 0 saturated carbocycles. The average Bonchev–Trinajstić information content (AvgIpc) is 3.02. The van der Waals surface area contributed by atoms with Crippen molar-refractivity contribution in [3.63, 3.8) is 0 Å². The number of ether oxygens (including phenoxy) is 1. The monoisotopic (exact) mass is 408 g/mol. The number of benzene rings is 2. The Bertz CT molecular complexity index is 1130. The zero-order valence-corrected chi connectivity index (χ0v) is 17.2. The van der Waals surface area contributed by atoms with Gasteiger partial charge in [0.1, 0.15) is 4.88 Å². The molecule has 0 radical (unpaired) electrons. The van der Waals surface area contributed by atoms with Crippen LogP contribution in [0.15, 0.2) is 59.6 Å². The van der Waals surface area contributed by atoms with Crippen LogP contribution in [0.2, 0.25) is 0 Å². The maximum Gasteiger partial charge on any atom is 0.350 e. The van der Waals surface area contributed by atoms with Crippen LogP contribution in [0.5, 0.6) is 0 Å². The lowest BCUT2D eigenvalue weighted by Gasteiger charge is -2.02. The van der Waals surface area contributed by atoms with Crippen LogP contribution in [0.25, 0.3) is 0 Å². The van der Waals surface area contributed by atoms with E-state index in [1.807, 2.05) is 6.07 Å². The molecule has 3 aromatic rings. The lowest BCUT2D eigenvalue weighted by Crippen LogP contribution is -2.14. The predicted molar refractivity (Wildman–Crippen MR) is 110 cm³/mol. The van der Waals surface area contributed by atoms with E-state index in [0.29, 0.717) is 32.1 Å². The Hall–Kier alpha value is -3.32. The average molecular weight is 408 g/mol. The molecule has 0 unspecified atom stereocenters. The first-order chi connectivity index (χ1) is 13.9. The van der Waals surface area contributed by atoms with Gasteiger partial charge in [0.25, 0.3) is 5.91 Å². The third-order valence-corrected chi connectivity index (χ3v) is 5.61. The molecule has 2 aromatic carbocycles. The number of carbonyl (C=O) groups excluding carboxylic acids is 3. The third-order valence-electron chi connectivity index (χ3n) is 4.40. The van der Waals surface area contributed by atoms with E-state index >= 15 is 0 Å². The molecule has 0 aliphatic rings. The van der Waals surface area contributed by atoms with Gasteiger partial charge in [-0.3, -0.25) is 9.59 Å². The van der Waals surface area contributed by atoms with Gasteiger partial charge in [-0.25, -0.2) is 4.79 Å². The first-order valence-electron chi connectivity index (χ1n) is 9.04. The second kappa shape index (κ2) is 8.79. The van der Waals surface area contributed by atoms with Crippen LogP contribution in [-0.4, -0.2) is 28.8 Å². The van der Waals surface area contributed by atoms with Crippen molar-refractivity contribution >= 4 is 29.0 Å². The van der Waals surface area contributed by atoms with E-state index in [1.54, 1.807) is 74.0 Å². The van der Waals surface area contributed by atoms with E-state index < -0.39 is 11.9 Å². The molecular weight excluding hydrogens is 388 g/mol. The minimum Gasteiger partial charge on any atom is -0.462 e. The lowest BCUT2D eigenvalue weighted by atomic mass is 10.0. The van der Waals surface area contributed by atoms with E-state index in [2.05, 4.69) is 4.99 Å². The fraction of sp³-hybridized carbons (Fsp3) is 0.182. The van der Waals surface area contributed by atoms with Gasteiger partial charge in [-0.1, -0.05) is 53.8 Å². The van der Waals surface area contributed by atoms with Crippen molar-refractivity contribution in [3.05, 3.63) is 86.7 Å². The molecular formula is C22H20N2O4S. The van der Waals surface area contributed by atoms with Gasteiger partial charge < -0.3 is 9.30 Å². The van der Waals surface area contributed by atoms with E-state index in [4.69, 9.17) is 4.74 Å². The molecule has 0 fully saturated rings. The minimum absolute atomic E-state index is 0.110. The molecule has 0 aliphatic heterocycles. The fourth-order valence-electron chi connectivity index (χ4n) is 2.69. The van der Waals surface area contributed by atoms with Gasteiger partial charge in [0.05, 0.1) is 6.61 Å². The summed E-state index contributed by atoms with van der Waals surface area (Å²) >= 11 is 1.11. The van der Waals surface area contributed by atoms with Crippen molar-refractivity contribution in [2.24, 2.45) is 12.0 Å². The van der Waals surface area contributed by atoms with Gasteiger partial charge in [0.2, 0.25) is 0 Å². The summed E-state index contributed by atoms with van der Waals surface area (Å²) in [7, 11) is 1.74. The highest BCUT2D eigenvalue weighted by atomic mass is 32.1. The summed E-state index contributed by atoms with van der Waals surface area (Å²) in [5, 5.41) is 0. The number of thiazole rings is 1. The van der Waals surface area contributed by atoms with E-state index in [9.17, 15) is 14.4 Å². The predicted octanol–water partition coefficient (Wildman–Crippen LogP) is 3.54. The number of esters is 1.